The lowest BCUT2D eigenvalue weighted by molar-refractivity contribution is -0.144. The van der Waals surface area contributed by atoms with Crippen LogP contribution in [0.3, 0.4) is 0 Å². The molecule has 3 aromatic carbocycles. The largest absolute Gasteiger partial charge is 0.457 e. The van der Waals surface area contributed by atoms with E-state index in [0.717, 1.165) is 82.3 Å². The molecule has 2 aliphatic heterocycles. The summed E-state index contributed by atoms with van der Waals surface area (Å²) in [6.07, 6.45) is 2.46. The molecule has 3 unspecified atom stereocenters. The lowest BCUT2D eigenvalue weighted by Crippen LogP contribution is -2.58. The summed E-state index contributed by atoms with van der Waals surface area (Å²) in [6.45, 7) is 10.9. The molecule has 3 atom stereocenters. The number of aliphatic hydroxyl groups is 1. The fraction of sp³-hybridized carbons (Fsp3) is 0.420. The highest BCUT2D eigenvalue weighted by Crippen LogP contribution is 2.35. The first-order chi connectivity index (χ1) is 32.8. The monoisotopic (exact) mass is 944 g/mol. The number of β-amino-alcohol motifs (C(OH)–C–C–N with tert-alkyl or cyclic N) is 1. The van der Waals surface area contributed by atoms with Gasteiger partial charge in [0, 0.05) is 44.7 Å². The first-order valence-corrected chi connectivity index (χ1v) is 23.9. The van der Waals surface area contributed by atoms with E-state index in [9.17, 15) is 19.5 Å². The predicted molar refractivity (Wildman–Crippen MR) is 260 cm³/mol. The lowest BCUT2D eigenvalue weighted by atomic mass is 9.85. The molecule has 0 spiro atoms. The van der Waals surface area contributed by atoms with E-state index < -0.39 is 35.4 Å². The minimum atomic E-state index is -0.957. The molecule has 17 nitrogen and oxygen atoms in total. The molecule has 2 saturated heterocycles. The average Bonchev–Trinajstić information content (AvgIpc) is 4.07. The zero-order chi connectivity index (χ0) is 47.8. The van der Waals surface area contributed by atoms with Crippen LogP contribution in [0.25, 0.3) is 32.7 Å². The van der Waals surface area contributed by atoms with Crippen LogP contribution >= 0.6 is 11.3 Å². The van der Waals surface area contributed by atoms with Crippen molar-refractivity contribution in [2.75, 3.05) is 58.3 Å². The minimum absolute atomic E-state index is 0.00989. The van der Waals surface area contributed by atoms with Crippen molar-refractivity contribution in [1.29, 1.82) is 0 Å². The zero-order valence-corrected chi connectivity index (χ0v) is 39.8. The van der Waals surface area contributed by atoms with Crippen LogP contribution in [0.1, 0.15) is 57.3 Å². The second kappa shape index (κ2) is 21.8. The molecule has 5 heterocycles. The van der Waals surface area contributed by atoms with Gasteiger partial charge in [0.2, 0.25) is 17.7 Å². The number of hydrogen-bond acceptors (Lipinski definition) is 14. The summed E-state index contributed by atoms with van der Waals surface area (Å²) in [4.78, 5) is 58.6. The normalized spacial score (nSPS) is 17.3. The van der Waals surface area contributed by atoms with Crippen LogP contribution in [-0.4, -0.2) is 128 Å². The highest BCUT2D eigenvalue weighted by Gasteiger charge is 2.44. The number of para-hydroxylation sites is 1. The van der Waals surface area contributed by atoms with Crippen molar-refractivity contribution in [2.45, 2.75) is 77.7 Å². The number of aromatic nitrogens is 5. The number of nitrogens with two attached hydrogens (primary N) is 1. The molecule has 68 heavy (non-hydrogen) atoms. The summed E-state index contributed by atoms with van der Waals surface area (Å²) >= 11 is 1.58. The third-order valence-electron chi connectivity index (χ3n) is 12.4. The number of nitrogens with one attached hydrogen (secondary N) is 2. The smallest absolute Gasteiger partial charge is 0.246 e. The Bertz CT molecular complexity index is 2650. The predicted octanol–water partition coefficient (Wildman–Crippen LogP) is 5.78. The van der Waals surface area contributed by atoms with Crippen LogP contribution < -0.4 is 21.1 Å². The van der Waals surface area contributed by atoms with Gasteiger partial charge in [-0.05, 0) is 72.7 Å². The Hall–Kier alpha value is -6.31. The van der Waals surface area contributed by atoms with Gasteiger partial charge in [-0.15, -0.1) is 11.3 Å². The number of rotatable bonds is 18. The first kappa shape index (κ1) is 48.2. The summed E-state index contributed by atoms with van der Waals surface area (Å²) in [5, 5.41) is 22.1. The Morgan fingerprint density at radius 3 is 2.31 bits per heavy atom. The van der Waals surface area contributed by atoms with Gasteiger partial charge in [0.15, 0.2) is 5.65 Å². The van der Waals surface area contributed by atoms with Gasteiger partial charge in [-0.25, -0.2) is 19.6 Å². The molecule has 2 aliphatic rings. The molecule has 2 fully saturated rings. The first-order valence-electron chi connectivity index (χ1n) is 23.1. The molecule has 0 saturated carbocycles. The topological polar surface area (TPSA) is 212 Å². The molecule has 0 aliphatic carbocycles. The zero-order valence-electron chi connectivity index (χ0n) is 39.0. The summed E-state index contributed by atoms with van der Waals surface area (Å²) < 4.78 is 19.5. The molecule has 3 amide bonds. The summed E-state index contributed by atoms with van der Waals surface area (Å²) in [5.41, 5.74) is 12.8. The Morgan fingerprint density at radius 2 is 1.60 bits per heavy atom. The van der Waals surface area contributed by atoms with Crippen molar-refractivity contribution in [2.24, 2.45) is 5.41 Å². The summed E-state index contributed by atoms with van der Waals surface area (Å²) in [6, 6.07) is 23.6. The Balaban J connectivity index is 0.751. The Morgan fingerprint density at radius 1 is 0.897 bits per heavy atom. The SMILES string of the molecule is Cc1ncsc1-c1ccc(CNC(=O)C2CC(O)CN2C(=O)C(NC(=O)COCCOCCN2CCC(n3nc(-c4ccc(Oc5ccccc5)cc4)c4c(N)ncnc43)CC2)C(C)(C)C)cc1. The molecular formula is C50H60N10O7S. The van der Waals surface area contributed by atoms with E-state index >= 15 is 0 Å². The van der Waals surface area contributed by atoms with E-state index in [0.29, 0.717) is 24.7 Å². The summed E-state index contributed by atoms with van der Waals surface area (Å²) in [7, 11) is 0. The van der Waals surface area contributed by atoms with E-state index in [1.54, 1.807) is 11.3 Å². The maximum atomic E-state index is 14.0. The van der Waals surface area contributed by atoms with Gasteiger partial charge < -0.3 is 45.5 Å². The van der Waals surface area contributed by atoms with Crippen LogP contribution in [0.15, 0.2) is 90.7 Å². The van der Waals surface area contributed by atoms with Gasteiger partial charge in [0.1, 0.15) is 48.0 Å². The number of piperidine rings is 1. The number of carbonyl (C=O) groups is 3. The number of likely N-dealkylation sites (tertiary alicyclic amines) is 2. The Labute approximate surface area is 400 Å². The summed E-state index contributed by atoms with van der Waals surface area (Å²) in [5.74, 6) is 0.607. The number of aryl methyl sites for hydroxylation is 1. The number of carbonyl (C=O) groups excluding carboxylic acids is 3. The van der Waals surface area contributed by atoms with Crippen molar-refractivity contribution in [1.82, 2.24) is 45.2 Å². The van der Waals surface area contributed by atoms with Gasteiger partial charge >= 0.3 is 0 Å². The molecule has 6 aromatic rings. The average molecular weight is 945 g/mol. The number of amides is 3. The van der Waals surface area contributed by atoms with E-state index in [4.69, 9.17) is 25.0 Å². The van der Waals surface area contributed by atoms with Crippen LogP contribution in [-0.2, 0) is 30.4 Å². The van der Waals surface area contributed by atoms with Crippen LogP contribution in [0, 0.1) is 12.3 Å². The highest BCUT2D eigenvalue weighted by atomic mass is 32.1. The van der Waals surface area contributed by atoms with Gasteiger partial charge in [0.25, 0.3) is 0 Å². The van der Waals surface area contributed by atoms with Crippen LogP contribution in [0.5, 0.6) is 11.5 Å². The third kappa shape index (κ3) is 11.7. The lowest BCUT2D eigenvalue weighted by Gasteiger charge is -2.35. The molecule has 8 rings (SSSR count). The van der Waals surface area contributed by atoms with Crippen molar-refractivity contribution >= 4 is 45.9 Å². The molecule has 0 radical (unpaired) electrons. The number of nitrogen functional groups attached to an aromatic ring is 1. The van der Waals surface area contributed by atoms with Crippen molar-refractivity contribution in [3.63, 3.8) is 0 Å². The molecule has 358 valence electrons. The molecule has 18 heteroatoms. The number of benzene rings is 3. The van der Waals surface area contributed by atoms with Gasteiger partial charge in [-0.2, -0.15) is 5.10 Å². The highest BCUT2D eigenvalue weighted by molar-refractivity contribution is 7.13. The molecule has 5 N–H and O–H groups in total. The number of aliphatic hydroxyl groups excluding tert-OH is 1. The molecule has 0 bridgehead atoms. The van der Waals surface area contributed by atoms with Gasteiger partial charge in [0.05, 0.1) is 53.4 Å². The number of hydrogen-bond donors (Lipinski definition) is 4. The number of anilines is 1. The van der Waals surface area contributed by atoms with E-state index in [-0.39, 0.29) is 44.7 Å². The van der Waals surface area contributed by atoms with Crippen molar-refractivity contribution in [3.05, 3.63) is 102 Å². The van der Waals surface area contributed by atoms with Gasteiger partial charge in [-0.3, -0.25) is 14.4 Å². The fourth-order valence-corrected chi connectivity index (χ4v) is 9.52. The van der Waals surface area contributed by atoms with E-state index in [1.165, 1.54) is 11.2 Å². The second-order valence-electron chi connectivity index (χ2n) is 18.4. The van der Waals surface area contributed by atoms with Gasteiger partial charge in [-0.1, -0.05) is 63.2 Å². The molecule has 3 aromatic heterocycles. The van der Waals surface area contributed by atoms with E-state index in [1.807, 2.05) is 117 Å². The van der Waals surface area contributed by atoms with Crippen LogP contribution in [0.4, 0.5) is 5.82 Å². The maximum absolute atomic E-state index is 14.0. The number of nitrogens with zero attached hydrogens (tertiary/aromatic N) is 7. The second-order valence-corrected chi connectivity index (χ2v) is 19.2. The molecular weight excluding hydrogens is 885 g/mol. The maximum Gasteiger partial charge on any atom is 0.246 e. The van der Waals surface area contributed by atoms with E-state index in [2.05, 4.69) is 30.5 Å². The standard InChI is InChI=1S/C50H60N10O7S/c1-32-44(68-31-55-32)35-12-10-33(11-13-35)27-52-48(63)40-26-37(61)28-59(40)49(64)45(50(2,3)4)56-41(62)29-66-25-24-65-23-22-58-20-18-36(19-21-58)60-47-42(46(51)53-30-54-47)43(57-60)34-14-16-39(17-15-34)67-38-8-6-5-7-9-38/h5-17,30-31,36-37,40,45,61H,18-29H2,1-4H3,(H,52,63)(H,56,62)(H2,51,53,54). The van der Waals surface area contributed by atoms with Crippen molar-refractivity contribution in [3.8, 4) is 33.2 Å². The third-order valence-corrected chi connectivity index (χ3v) is 13.4. The number of thiazole rings is 1. The number of ether oxygens (including phenoxy) is 3. The quantitative estimate of drug-likeness (QED) is 0.0754. The number of fused-ring (bicyclic) bond motifs is 1. The Kier molecular flexibility index (Phi) is 15.4. The minimum Gasteiger partial charge on any atom is -0.457 e. The van der Waals surface area contributed by atoms with Crippen LogP contribution in [0.2, 0.25) is 0 Å². The fourth-order valence-electron chi connectivity index (χ4n) is 8.71. The van der Waals surface area contributed by atoms with Crippen molar-refractivity contribution < 1.29 is 33.7 Å².